The molecule has 0 aliphatic carbocycles. The van der Waals surface area contributed by atoms with Crippen molar-refractivity contribution in [3.8, 4) is 5.75 Å². The van der Waals surface area contributed by atoms with Crippen LogP contribution in [0.2, 0.25) is 0 Å². The highest BCUT2D eigenvalue weighted by Crippen LogP contribution is 2.32. The fourth-order valence-corrected chi connectivity index (χ4v) is 4.81. The summed E-state index contributed by atoms with van der Waals surface area (Å²) < 4.78 is 19.1. The first-order chi connectivity index (χ1) is 16.7. The van der Waals surface area contributed by atoms with Gasteiger partial charge >= 0.3 is 0 Å². The Labute approximate surface area is 208 Å². The minimum atomic E-state index is -0.222. The van der Waals surface area contributed by atoms with E-state index >= 15 is 0 Å². The minimum absolute atomic E-state index is 0.000487. The first-order valence-electron chi connectivity index (χ1n) is 12.3. The summed E-state index contributed by atoms with van der Waals surface area (Å²) in [6.45, 7) is 10.8. The Kier molecular flexibility index (Phi) is 7.56. The molecule has 0 spiro atoms. The van der Waals surface area contributed by atoms with Crippen molar-refractivity contribution < 1.29 is 13.9 Å². The van der Waals surface area contributed by atoms with E-state index in [-0.39, 0.29) is 35.8 Å². The average Bonchev–Trinajstić information content (AvgIpc) is 2.86. The van der Waals surface area contributed by atoms with Crippen LogP contribution in [0.3, 0.4) is 0 Å². The summed E-state index contributed by atoms with van der Waals surface area (Å²) >= 11 is 0. The Morgan fingerprint density at radius 1 is 0.886 bits per heavy atom. The highest BCUT2D eigenvalue weighted by molar-refractivity contribution is 5.78. The van der Waals surface area contributed by atoms with E-state index in [2.05, 4.69) is 69.0 Å². The molecule has 1 amide bonds. The third-order valence-corrected chi connectivity index (χ3v) is 7.17. The normalized spacial score (nSPS) is 18.9. The summed E-state index contributed by atoms with van der Waals surface area (Å²) in [4.78, 5) is 17.2. The fraction of sp³-hybridized carbons (Fsp3) is 0.367. The number of carbonyl (C=O) groups is 1. The summed E-state index contributed by atoms with van der Waals surface area (Å²) in [7, 11) is 0. The van der Waals surface area contributed by atoms with Crippen LogP contribution >= 0.6 is 0 Å². The predicted octanol–water partition coefficient (Wildman–Crippen LogP) is 5.65. The first-order valence-corrected chi connectivity index (χ1v) is 12.3. The van der Waals surface area contributed by atoms with E-state index in [9.17, 15) is 9.18 Å². The van der Waals surface area contributed by atoms with Crippen molar-refractivity contribution >= 4 is 5.91 Å². The number of hydrogen-bond acceptors (Lipinski definition) is 3. The zero-order valence-electron chi connectivity index (χ0n) is 21.1. The van der Waals surface area contributed by atoms with E-state index < -0.39 is 0 Å². The highest BCUT2D eigenvalue weighted by atomic mass is 19.1. The quantitative estimate of drug-likeness (QED) is 0.444. The van der Waals surface area contributed by atoms with E-state index in [1.165, 1.54) is 23.3 Å². The van der Waals surface area contributed by atoms with E-state index in [0.717, 1.165) is 18.7 Å². The van der Waals surface area contributed by atoms with Crippen LogP contribution in [0.25, 0.3) is 0 Å². The number of piperazine rings is 1. The van der Waals surface area contributed by atoms with Crippen LogP contribution in [0.5, 0.6) is 5.75 Å². The Balaban J connectivity index is 1.32. The van der Waals surface area contributed by atoms with Gasteiger partial charge in [-0.2, -0.15) is 0 Å². The number of halogens is 1. The molecular weight excluding hydrogens is 439 g/mol. The summed E-state index contributed by atoms with van der Waals surface area (Å²) in [6, 6.07) is 25.4. The van der Waals surface area contributed by atoms with Gasteiger partial charge in [-0.3, -0.25) is 9.69 Å². The molecule has 0 bridgehead atoms. The lowest BCUT2D eigenvalue weighted by molar-refractivity contribution is -0.139. The lowest BCUT2D eigenvalue weighted by Crippen LogP contribution is -2.58. The molecule has 0 aromatic heterocycles. The second-order valence-electron chi connectivity index (χ2n) is 10.1. The van der Waals surface area contributed by atoms with Gasteiger partial charge in [0.1, 0.15) is 11.6 Å². The second-order valence-corrected chi connectivity index (χ2v) is 10.1. The number of hydrogen-bond donors (Lipinski definition) is 0. The molecule has 1 saturated heterocycles. The van der Waals surface area contributed by atoms with Gasteiger partial charge in [0.25, 0.3) is 5.91 Å². The zero-order chi connectivity index (χ0) is 25.0. The molecule has 0 saturated carbocycles. The largest absolute Gasteiger partial charge is 0.484 e. The van der Waals surface area contributed by atoms with Crippen molar-refractivity contribution in [2.45, 2.75) is 51.7 Å². The van der Waals surface area contributed by atoms with Crippen molar-refractivity contribution in [3.05, 3.63) is 101 Å². The van der Waals surface area contributed by atoms with Gasteiger partial charge in [0.05, 0.1) is 0 Å². The molecule has 1 aliphatic rings. The van der Waals surface area contributed by atoms with Gasteiger partial charge in [-0.25, -0.2) is 4.39 Å². The monoisotopic (exact) mass is 474 g/mol. The van der Waals surface area contributed by atoms with Crippen LogP contribution in [-0.2, 0) is 16.8 Å². The summed E-state index contributed by atoms with van der Waals surface area (Å²) in [5, 5.41) is 0. The molecule has 4 nitrogen and oxygen atoms in total. The molecular formula is C30H35FN2O2. The molecule has 1 aliphatic heterocycles. The zero-order valence-corrected chi connectivity index (χ0v) is 21.1. The van der Waals surface area contributed by atoms with Gasteiger partial charge in [-0.1, -0.05) is 68.4 Å². The van der Waals surface area contributed by atoms with Gasteiger partial charge < -0.3 is 9.64 Å². The van der Waals surface area contributed by atoms with E-state index in [0.29, 0.717) is 12.3 Å². The SMILES string of the molecule is C[C@@H]1CN(C(=O)COc2ccc(C(C)(C)c3ccccc3)cc2)[C@@H](C)CN1Cc1ccc(F)cc1. The van der Waals surface area contributed by atoms with Crippen LogP contribution in [0.1, 0.15) is 44.4 Å². The van der Waals surface area contributed by atoms with Crippen LogP contribution < -0.4 is 4.74 Å². The molecule has 2 atom stereocenters. The smallest absolute Gasteiger partial charge is 0.260 e. The molecule has 184 valence electrons. The molecule has 0 unspecified atom stereocenters. The van der Waals surface area contributed by atoms with Gasteiger partial charge in [0.15, 0.2) is 6.61 Å². The van der Waals surface area contributed by atoms with Crippen molar-refractivity contribution in [1.29, 1.82) is 0 Å². The van der Waals surface area contributed by atoms with Crippen LogP contribution in [0.15, 0.2) is 78.9 Å². The summed E-state index contributed by atoms with van der Waals surface area (Å²) in [5.41, 5.74) is 3.41. The molecule has 4 rings (SSSR count). The molecule has 3 aromatic rings. The van der Waals surface area contributed by atoms with Gasteiger partial charge in [-0.15, -0.1) is 0 Å². The maximum absolute atomic E-state index is 13.2. The van der Waals surface area contributed by atoms with Gasteiger partial charge in [-0.05, 0) is 54.8 Å². The predicted molar refractivity (Wildman–Crippen MR) is 138 cm³/mol. The Morgan fingerprint density at radius 2 is 1.51 bits per heavy atom. The first kappa shape index (κ1) is 24.9. The summed E-state index contributed by atoms with van der Waals surface area (Å²) in [6.07, 6.45) is 0. The van der Waals surface area contributed by atoms with Crippen LogP contribution in [-0.4, -0.2) is 47.5 Å². The molecule has 35 heavy (non-hydrogen) atoms. The minimum Gasteiger partial charge on any atom is -0.484 e. The number of ether oxygens (including phenoxy) is 1. The van der Waals surface area contributed by atoms with Crippen LogP contribution in [0.4, 0.5) is 4.39 Å². The van der Waals surface area contributed by atoms with E-state index in [1.54, 1.807) is 0 Å². The van der Waals surface area contributed by atoms with Gasteiger partial charge in [0.2, 0.25) is 0 Å². The maximum Gasteiger partial charge on any atom is 0.260 e. The van der Waals surface area contributed by atoms with Crippen molar-refractivity contribution in [3.63, 3.8) is 0 Å². The van der Waals surface area contributed by atoms with Gasteiger partial charge in [0, 0.05) is 37.1 Å². The summed E-state index contributed by atoms with van der Waals surface area (Å²) in [5.74, 6) is 0.473. The standard InChI is InChI=1S/C30H35FN2O2/c1-22-19-33(23(2)18-32(22)20-24-10-14-27(31)15-11-24)29(34)21-35-28-16-12-26(13-17-28)30(3,4)25-8-6-5-7-9-25/h5-17,22-23H,18-21H2,1-4H3/t22-,23+/m1/s1. The Bertz CT molecular complexity index is 1110. The molecule has 1 fully saturated rings. The Morgan fingerprint density at radius 3 is 2.17 bits per heavy atom. The van der Waals surface area contributed by atoms with Crippen molar-refractivity contribution in [1.82, 2.24) is 9.80 Å². The van der Waals surface area contributed by atoms with E-state index in [4.69, 9.17) is 4.74 Å². The Hall–Kier alpha value is -3.18. The van der Waals surface area contributed by atoms with Crippen molar-refractivity contribution in [2.75, 3.05) is 19.7 Å². The highest BCUT2D eigenvalue weighted by Gasteiger charge is 2.32. The third-order valence-electron chi connectivity index (χ3n) is 7.17. The molecule has 5 heteroatoms. The number of amides is 1. The molecule has 0 radical (unpaired) electrons. The number of nitrogens with zero attached hydrogens (tertiary/aromatic N) is 2. The van der Waals surface area contributed by atoms with E-state index in [1.807, 2.05) is 35.2 Å². The number of rotatable bonds is 7. The van der Waals surface area contributed by atoms with Crippen LogP contribution in [0, 0.1) is 5.82 Å². The fourth-order valence-electron chi connectivity index (χ4n) is 4.81. The third kappa shape index (κ3) is 5.91. The number of carbonyl (C=O) groups excluding carboxylic acids is 1. The second kappa shape index (κ2) is 10.6. The molecule has 3 aromatic carbocycles. The topological polar surface area (TPSA) is 32.8 Å². The number of benzene rings is 3. The lowest BCUT2D eigenvalue weighted by Gasteiger charge is -2.44. The molecule has 0 N–H and O–H groups in total. The lowest BCUT2D eigenvalue weighted by atomic mass is 9.78. The average molecular weight is 475 g/mol. The maximum atomic E-state index is 13.2. The van der Waals surface area contributed by atoms with Crippen molar-refractivity contribution in [2.24, 2.45) is 0 Å². The molecule has 1 heterocycles.